The summed E-state index contributed by atoms with van der Waals surface area (Å²) in [6.07, 6.45) is 7.89. The van der Waals surface area contributed by atoms with Crippen LogP contribution >= 0.6 is 34.8 Å². The molecule has 3 aromatic rings. The van der Waals surface area contributed by atoms with E-state index in [-0.39, 0.29) is 27.7 Å². The highest BCUT2D eigenvalue weighted by atomic mass is 35.5. The Hall–Kier alpha value is -2.62. The maximum Gasteiger partial charge on any atom is 0.408 e. The minimum absolute atomic E-state index is 0.0712. The molecular weight excluding hydrogens is 551 g/mol. The molecule has 4 fully saturated rings. The maximum absolute atomic E-state index is 13.3. The fourth-order valence-electron chi connectivity index (χ4n) is 7.77. The van der Waals surface area contributed by atoms with Crippen LogP contribution in [0, 0.1) is 34.3 Å². The predicted octanol–water partition coefficient (Wildman–Crippen LogP) is 6.63. The first-order chi connectivity index (χ1) is 18.0. The second-order valence-corrected chi connectivity index (χ2v) is 12.7. The van der Waals surface area contributed by atoms with Gasteiger partial charge in [0.15, 0.2) is 10.8 Å². The van der Waals surface area contributed by atoms with Gasteiger partial charge in [-0.2, -0.15) is 9.78 Å². The van der Waals surface area contributed by atoms with Crippen molar-refractivity contribution in [1.29, 1.82) is 0 Å². The smallest absolute Gasteiger partial charge is 0.358 e. The van der Waals surface area contributed by atoms with Gasteiger partial charge in [-0.1, -0.05) is 40.9 Å². The molecule has 0 saturated heterocycles. The van der Waals surface area contributed by atoms with Crippen molar-refractivity contribution in [2.75, 3.05) is 5.32 Å². The van der Waals surface area contributed by atoms with E-state index in [4.69, 9.17) is 34.8 Å². The summed E-state index contributed by atoms with van der Waals surface area (Å²) in [5.41, 5.74) is 0.996. The molecule has 4 aliphatic carbocycles. The number of amides is 1. The Kier molecular flexibility index (Phi) is 6.24. The Morgan fingerprint density at radius 3 is 2.55 bits per heavy atom. The van der Waals surface area contributed by atoms with Gasteiger partial charge in [0.25, 0.3) is 0 Å². The van der Waals surface area contributed by atoms with Crippen LogP contribution in [0.3, 0.4) is 0 Å². The third-order valence-electron chi connectivity index (χ3n) is 8.59. The normalized spacial score (nSPS) is 27.6. The van der Waals surface area contributed by atoms with Crippen LogP contribution < -0.4 is 5.32 Å². The van der Waals surface area contributed by atoms with Crippen molar-refractivity contribution in [2.24, 2.45) is 17.3 Å². The highest BCUT2D eigenvalue weighted by Gasteiger charge is 2.60. The maximum atomic E-state index is 13.3. The van der Waals surface area contributed by atoms with Crippen molar-refractivity contribution in [3.63, 3.8) is 0 Å². The standard InChI is InChI=1S/C26H27Cl3N6O3/c1-15-23(29)24(35(37)38)32-34(15)26-10-16-6-17(11-26)9-25(8-16,14-26)12-22(36)30-21-4-5-33(31-21)13-18-2-3-19(27)7-20(18)28/h2-5,7,16-17H,6,8-14H2,1H3,(H,30,31,36). The van der Waals surface area contributed by atoms with Crippen molar-refractivity contribution in [3.05, 3.63) is 66.9 Å². The summed E-state index contributed by atoms with van der Waals surface area (Å²) in [5.74, 6) is 1.06. The van der Waals surface area contributed by atoms with Crippen molar-refractivity contribution in [1.82, 2.24) is 19.6 Å². The average molecular weight is 578 g/mol. The molecule has 2 heterocycles. The number of nitro groups is 1. The van der Waals surface area contributed by atoms with Crippen LogP contribution in [0.4, 0.5) is 11.6 Å². The number of anilines is 1. The molecule has 2 atom stereocenters. The zero-order valence-corrected chi connectivity index (χ0v) is 23.1. The number of nitrogens with one attached hydrogen (secondary N) is 1. The summed E-state index contributed by atoms with van der Waals surface area (Å²) in [5, 5.41) is 24.6. The number of nitrogens with zero attached hydrogens (tertiary/aromatic N) is 5. The molecule has 4 bridgehead atoms. The number of aromatic nitrogens is 4. The number of carbonyl (C=O) groups excluding carboxylic acids is 1. The molecule has 12 heteroatoms. The van der Waals surface area contributed by atoms with E-state index in [1.165, 1.54) is 0 Å². The summed E-state index contributed by atoms with van der Waals surface area (Å²) in [7, 11) is 0. The van der Waals surface area contributed by atoms with Gasteiger partial charge in [0.1, 0.15) is 0 Å². The van der Waals surface area contributed by atoms with Crippen LogP contribution in [0.5, 0.6) is 0 Å². The van der Waals surface area contributed by atoms with Crippen LogP contribution in [0.1, 0.15) is 56.2 Å². The summed E-state index contributed by atoms with van der Waals surface area (Å²) >= 11 is 18.6. The lowest BCUT2D eigenvalue weighted by Crippen LogP contribution is -2.57. The molecule has 1 N–H and O–H groups in total. The van der Waals surface area contributed by atoms with Crippen LogP contribution in [0.25, 0.3) is 0 Å². The molecule has 2 aromatic heterocycles. The predicted molar refractivity (Wildman–Crippen MR) is 145 cm³/mol. The first kappa shape index (κ1) is 25.6. The highest BCUT2D eigenvalue weighted by molar-refractivity contribution is 6.35. The van der Waals surface area contributed by atoms with E-state index < -0.39 is 4.92 Å². The van der Waals surface area contributed by atoms with Crippen molar-refractivity contribution < 1.29 is 9.72 Å². The molecule has 200 valence electrons. The quantitative estimate of drug-likeness (QED) is 0.250. The molecule has 4 aliphatic rings. The lowest BCUT2D eigenvalue weighted by atomic mass is 9.46. The first-order valence-corrected chi connectivity index (χ1v) is 13.9. The van der Waals surface area contributed by atoms with Gasteiger partial charge in [0, 0.05) is 28.7 Å². The average Bonchev–Trinajstić information content (AvgIpc) is 3.38. The molecule has 0 aliphatic heterocycles. The van der Waals surface area contributed by atoms with Crippen LogP contribution in [-0.4, -0.2) is 30.4 Å². The number of halogens is 3. The molecule has 0 radical (unpaired) electrons. The van der Waals surface area contributed by atoms with Crippen molar-refractivity contribution >= 4 is 52.3 Å². The minimum Gasteiger partial charge on any atom is -0.358 e. The molecule has 0 spiro atoms. The van der Waals surface area contributed by atoms with Gasteiger partial charge < -0.3 is 15.4 Å². The Morgan fingerprint density at radius 1 is 1.16 bits per heavy atom. The van der Waals surface area contributed by atoms with Gasteiger partial charge in [0.2, 0.25) is 5.91 Å². The highest BCUT2D eigenvalue weighted by Crippen LogP contribution is 2.65. The summed E-state index contributed by atoms with van der Waals surface area (Å²) in [4.78, 5) is 24.3. The summed E-state index contributed by atoms with van der Waals surface area (Å²) < 4.78 is 3.54. The summed E-state index contributed by atoms with van der Waals surface area (Å²) in [6.45, 7) is 2.26. The van der Waals surface area contributed by atoms with Crippen LogP contribution in [0.2, 0.25) is 15.1 Å². The number of carbonyl (C=O) groups is 1. The molecule has 2 unspecified atom stereocenters. The van der Waals surface area contributed by atoms with Gasteiger partial charge in [-0.3, -0.25) is 9.48 Å². The zero-order chi connectivity index (χ0) is 26.8. The largest absolute Gasteiger partial charge is 0.408 e. The van der Waals surface area contributed by atoms with Gasteiger partial charge >= 0.3 is 5.82 Å². The van der Waals surface area contributed by atoms with E-state index in [9.17, 15) is 14.9 Å². The van der Waals surface area contributed by atoms with Gasteiger partial charge in [-0.25, -0.2) is 0 Å². The van der Waals surface area contributed by atoms with Crippen molar-refractivity contribution in [3.8, 4) is 0 Å². The molecule has 1 aromatic carbocycles. The van der Waals surface area contributed by atoms with E-state index in [0.717, 1.165) is 44.1 Å². The molecule has 4 saturated carbocycles. The van der Waals surface area contributed by atoms with Crippen LogP contribution in [-0.2, 0) is 16.9 Å². The van der Waals surface area contributed by atoms with Gasteiger partial charge in [-0.05, 0) is 85.3 Å². The molecule has 1 amide bonds. The lowest BCUT2D eigenvalue weighted by Gasteiger charge is -2.61. The number of hydrogen-bond donors (Lipinski definition) is 1. The third-order valence-corrected chi connectivity index (χ3v) is 9.62. The van der Waals surface area contributed by atoms with E-state index >= 15 is 0 Å². The second kappa shape index (κ2) is 9.24. The fraction of sp³-hybridized carbons (Fsp3) is 0.500. The molecule has 38 heavy (non-hydrogen) atoms. The SMILES string of the molecule is Cc1c(Cl)c([N+](=O)[O-])nn1C12CC3CC(CC(CC(=O)Nc4ccn(Cc5ccc(Cl)cc5Cl)n4)(C3)C1)C2. The lowest BCUT2D eigenvalue weighted by molar-refractivity contribution is -0.389. The topological polar surface area (TPSA) is 108 Å². The fourth-order valence-corrected chi connectivity index (χ4v) is 8.43. The Morgan fingerprint density at radius 2 is 1.89 bits per heavy atom. The van der Waals surface area contributed by atoms with E-state index in [0.29, 0.717) is 46.4 Å². The summed E-state index contributed by atoms with van der Waals surface area (Å²) in [6, 6.07) is 7.11. The van der Waals surface area contributed by atoms with Crippen LogP contribution in [0.15, 0.2) is 30.5 Å². The zero-order valence-electron chi connectivity index (χ0n) is 20.8. The Labute approximate surface area is 234 Å². The van der Waals surface area contributed by atoms with E-state index in [2.05, 4.69) is 15.5 Å². The second-order valence-electron chi connectivity index (χ2n) is 11.4. The Balaban J connectivity index is 1.18. The monoisotopic (exact) mass is 576 g/mol. The Bertz CT molecular complexity index is 1440. The number of benzene rings is 1. The van der Waals surface area contributed by atoms with E-state index in [1.807, 2.05) is 10.7 Å². The van der Waals surface area contributed by atoms with Gasteiger partial charge in [0.05, 0.1) is 22.9 Å². The number of hydrogen-bond acceptors (Lipinski definition) is 5. The molecule has 9 nitrogen and oxygen atoms in total. The molecule has 7 rings (SSSR count). The first-order valence-electron chi connectivity index (χ1n) is 12.7. The number of rotatable bonds is 7. The minimum atomic E-state index is -0.518. The third kappa shape index (κ3) is 4.48. The molecular formula is C26H27Cl3N6O3. The van der Waals surface area contributed by atoms with Crippen molar-refractivity contribution in [2.45, 2.75) is 64.0 Å². The van der Waals surface area contributed by atoms with E-state index in [1.54, 1.807) is 36.0 Å². The van der Waals surface area contributed by atoms with Gasteiger partial charge in [-0.15, -0.1) is 0 Å².